The SMILES string of the molecule is O=C(CSc1cc(C(=O)NC2CC2)c2ccccc2n1)NC1CCCCCC1. The minimum atomic E-state index is -0.0501. The van der Waals surface area contributed by atoms with Gasteiger partial charge in [0.25, 0.3) is 5.91 Å². The molecule has 4 rings (SSSR count). The molecule has 0 radical (unpaired) electrons. The van der Waals surface area contributed by atoms with Gasteiger partial charge in [0.1, 0.15) is 0 Å². The van der Waals surface area contributed by atoms with Gasteiger partial charge in [-0.15, -0.1) is 0 Å². The van der Waals surface area contributed by atoms with Crippen molar-refractivity contribution >= 4 is 34.5 Å². The molecule has 28 heavy (non-hydrogen) atoms. The molecule has 6 heteroatoms. The molecule has 2 aromatic rings. The van der Waals surface area contributed by atoms with Gasteiger partial charge in [-0.05, 0) is 37.8 Å². The second-order valence-corrected chi connectivity index (χ2v) is 8.81. The third kappa shape index (κ3) is 5.04. The highest BCUT2D eigenvalue weighted by atomic mass is 32.2. The summed E-state index contributed by atoms with van der Waals surface area (Å²) in [5, 5.41) is 7.80. The molecule has 2 saturated carbocycles. The van der Waals surface area contributed by atoms with Crippen molar-refractivity contribution in [1.82, 2.24) is 15.6 Å². The molecule has 0 bridgehead atoms. The average Bonchev–Trinajstić information content (AvgIpc) is 3.53. The van der Waals surface area contributed by atoms with Crippen LogP contribution in [0.2, 0.25) is 0 Å². The molecular weight excluding hydrogens is 370 g/mol. The quantitative estimate of drug-likeness (QED) is 0.570. The maximum absolute atomic E-state index is 12.7. The fourth-order valence-electron chi connectivity index (χ4n) is 3.74. The summed E-state index contributed by atoms with van der Waals surface area (Å²) < 4.78 is 0. The van der Waals surface area contributed by atoms with E-state index in [4.69, 9.17) is 0 Å². The molecule has 1 aromatic carbocycles. The van der Waals surface area contributed by atoms with Crippen LogP contribution >= 0.6 is 11.8 Å². The summed E-state index contributed by atoms with van der Waals surface area (Å²) in [7, 11) is 0. The lowest BCUT2D eigenvalue weighted by molar-refractivity contribution is -0.119. The summed E-state index contributed by atoms with van der Waals surface area (Å²) in [6, 6.07) is 10.1. The van der Waals surface area contributed by atoms with E-state index in [0.29, 0.717) is 23.4 Å². The standard InChI is InChI=1S/C22H27N3O2S/c26-20(23-15-7-3-1-2-4-8-15)14-28-21-13-18(22(27)24-16-11-12-16)17-9-5-6-10-19(17)25-21/h5-6,9-10,13,15-16H,1-4,7-8,11-12,14H2,(H,23,26)(H,24,27). The maximum atomic E-state index is 12.7. The van der Waals surface area contributed by atoms with Crippen LogP contribution < -0.4 is 10.6 Å². The third-order valence-electron chi connectivity index (χ3n) is 5.42. The minimum Gasteiger partial charge on any atom is -0.353 e. The van der Waals surface area contributed by atoms with Crippen LogP contribution in [0.5, 0.6) is 0 Å². The molecule has 1 heterocycles. The first-order valence-corrected chi connectivity index (χ1v) is 11.3. The van der Waals surface area contributed by atoms with Gasteiger partial charge < -0.3 is 10.6 Å². The molecule has 2 aliphatic carbocycles. The van der Waals surface area contributed by atoms with Crippen LogP contribution in [0.1, 0.15) is 61.7 Å². The lowest BCUT2D eigenvalue weighted by Crippen LogP contribution is -2.35. The number of hydrogen-bond acceptors (Lipinski definition) is 4. The van der Waals surface area contributed by atoms with Crippen LogP contribution in [0.4, 0.5) is 0 Å². The molecule has 0 saturated heterocycles. The number of amides is 2. The smallest absolute Gasteiger partial charge is 0.252 e. The van der Waals surface area contributed by atoms with Crippen molar-refractivity contribution in [2.45, 2.75) is 68.5 Å². The van der Waals surface area contributed by atoms with Crippen molar-refractivity contribution in [3.05, 3.63) is 35.9 Å². The van der Waals surface area contributed by atoms with Crippen molar-refractivity contribution in [3.8, 4) is 0 Å². The van der Waals surface area contributed by atoms with Gasteiger partial charge in [0, 0.05) is 17.5 Å². The summed E-state index contributed by atoms with van der Waals surface area (Å²) in [5.41, 5.74) is 1.43. The number of fused-ring (bicyclic) bond motifs is 1. The van der Waals surface area contributed by atoms with Crippen LogP contribution in [0.15, 0.2) is 35.4 Å². The van der Waals surface area contributed by atoms with E-state index in [1.165, 1.54) is 37.4 Å². The molecule has 2 amide bonds. The normalized spacial score (nSPS) is 17.9. The Balaban J connectivity index is 1.44. The Bertz CT molecular complexity index is 858. The Hall–Kier alpha value is -2.08. The van der Waals surface area contributed by atoms with Crippen molar-refractivity contribution in [2.75, 3.05) is 5.75 Å². The molecule has 5 nitrogen and oxygen atoms in total. The first-order chi connectivity index (χ1) is 13.7. The number of nitrogens with zero attached hydrogens (tertiary/aromatic N) is 1. The summed E-state index contributed by atoms with van der Waals surface area (Å²) in [5.74, 6) is 0.326. The van der Waals surface area contributed by atoms with E-state index in [9.17, 15) is 9.59 Å². The zero-order chi connectivity index (χ0) is 19.3. The number of pyridine rings is 1. The van der Waals surface area contributed by atoms with Crippen LogP contribution in [0.25, 0.3) is 10.9 Å². The van der Waals surface area contributed by atoms with Crippen molar-refractivity contribution in [3.63, 3.8) is 0 Å². The van der Waals surface area contributed by atoms with Gasteiger partial charge in [0.15, 0.2) is 0 Å². The van der Waals surface area contributed by atoms with Crippen LogP contribution in [0.3, 0.4) is 0 Å². The Morgan fingerprint density at radius 3 is 2.43 bits per heavy atom. The first kappa shape index (κ1) is 19.2. The number of carbonyl (C=O) groups excluding carboxylic acids is 2. The highest BCUT2D eigenvalue weighted by Crippen LogP contribution is 2.26. The summed E-state index contributed by atoms with van der Waals surface area (Å²) in [4.78, 5) is 29.7. The molecule has 2 aliphatic rings. The molecule has 0 unspecified atom stereocenters. The number of aromatic nitrogens is 1. The van der Waals surface area contributed by atoms with E-state index in [0.717, 1.165) is 41.6 Å². The van der Waals surface area contributed by atoms with Crippen molar-refractivity contribution in [2.24, 2.45) is 0 Å². The summed E-state index contributed by atoms with van der Waals surface area (Å²) in [6.07, 6.45) is 9.21. The molecular formula is C22H27N3O2S. The fraction of sp³-hybridized carbons (Fsp3) is 0.500. The zero-order valence-corrected chi connectivity index (χ0v) is 16.9. The lowest BCUT2D eigenvalue weighted by atomic mass is 10.1. The summed E-state index contributed by atoms with van der Waals surface area (Å²) in [6.45, 7) is 0. The van der Waals surface area contributed by atoms with Gasteiger partial charge in [-0.2, -0.15) is 0 Å². The van der Waals surface area contributed by atoms with Gasteiger partial charge in [0.05, 0.1) is 21.9 Å². The van der Waals surface area contributed by atoms with E-state index in [1.807, 2.05) is 30.3 Å². The van der Waals surface area contributed by atoms with Gasteiger partial charge in [-0.25, -0.2) is 4.98 Å². The fourth-order valence-corrected chi connectivity index (χ4v) is 4.46. The molecule has 0 atom stereocenters. The maximum Gasteiger partial charge on any atom is 0.252 e. The Kier molecular flexibility index (Phi) is 6.15. The van der Waals surface area contributed by atoms with Gasteiger partial charge in [-0.1, -0.05) is 55.6 Å². The number of nitrogens with one attached hydrogen (secondary N) is 2. The zero-order valence-electron chi connectivity index (χ0n) is 16.1. The Labute approximate surface area is 170 Å². The number of carbonyl (C=O) groups is 2. The van der Waals surface area contributed by atoms with Gasteiger partial charge in [0.2, 0.25) is 5.91 Å². The van der Waals surface area contributed by atoms with Gasteiger partial charge >= 0.3 is 0 Å². The lowest BCUT2D eigenvalue weighted by Gasteiger charge is -2.16. The average molecular weight is 398 g/mol. The topological polar surface area (TPSA) is 71.1 Å². The molecule has 0 aliphatic heterocycles. The van der Waals surface area contributed by atoms with Crippen molar-refractivity contribution in [1.29, 1.82) is 0 Å². The number of benzene rings is 1. The van der Waals surface area contributed by atoms with E-state index in [2.05, 4.69) is 15.6 Å². The van der Waals surface area contributed by atoms with Crippen LogP contribution in [-0.2, 0) is 4.79 Å². The number of rotatable bonds is 6. The van der Waals surface area contributed by atoms with E-state index < -0.39 is 0 Å². The second-order valence-electron chi connectivity index (χ2n) is 7.82. The number of hydrogen-bond donors (Lipinski definition) is 2. The molecule has 148 valence electrons. The Morgan fingerprint density at radius 1 is 0.964 bits per heavy atom. The first-order valence-electron chi connectivity index (χ1n) is 10.3. The predicted octanol–water partition coefficient (Wildman–Crippen LogP) is 4.06. The Morgan fingerprint density at radius 2 is 1.68 bits per heavy atom. The van der Waals surface area contributed by atoms with Gasteiger partial charge in [-0.3, -0.25) is 9.59 Å². The number of thioether (sulfide) groups is 1. The highest BCUT2D eigenvalue weighted by Gasteiger charge is 2.25. The van der Waals surface area contributed by atoms with Crippen molar-refractivity contribution < 1.29 is 9.59 Å². The molecule has 1 aromatic heterocycles. The largest absolute Gasteiger partial charge is 0.353 e. The molecule has 2 fully saturated rings. The highest BCUT2D eigenvalue weighted by molar-refractivity contribution is 7.99. The second kappa shape index (κ2) is 8.95. The third-order valence-corrected chi connectivity index (χ3v) is 6.33. The van der Waals surface area contributed by atoms with E-state index in [1.54, 1.807) is 0 Å². The molecule has 0 spiro atoms. The van der Waals surface area contributed by atoms with Crippen LogP contribution in [-0.4, -0.2) is 34.6 Å². The van der Waals surface area contributed by atoms with Crippen LogP contribution in [0, 0.1) is 0 Å². The predicted molar refractivity (Wildman–Crippen MR) is 113 cm³/mol. The van der Waals surface area contributed by atoms with E-state index in [-0.39, 0.29) is 11.8 Å². The number of para-hydroxylation sites is 1. The molecule has 2 N–H and O–H groups in total. The summed E-state index contributed by atoms with van der Waals surface area (Å²) >= 11 is 1.40. The minimum absolute atomic E-state index is 0.0501. The van der Waals surface area contributed by atoms with E-state index >= 15 is 0 Å². The monoisotopic (exact) mass is 397 g/mol.